The monoisotopic (exact) mass is 314 g/mol. The van der Waals surface area contributed by atoms with Crippen molar-refractivity contribution in [2.24, 2.45) is 11.1 Å². The van der Waals surface area contributed by atoms with Gasteiger partial charge in [-0.3, -0.25) is 4.79 Å². The Morgan fingerprint density at radius 3 is 2.48 bits per heavy atom. The molecule has 21 heavy (non-hydrogen) atoms. The van der Waals surface area contributed by atoms with E-state index in [0.717, 1.165) is 12.2 Å². The third-order valence-electron chi connectivity index (χ3n) is 3.19. The highest BCUT2D eigenvalue weighted by Crippen LogP contribution is 2.15. The molecule has 1 rings (SSSR count). The van der Waals surface area contributed by atoms with Gasteiger partial charge < -0.3 is 15.4 Å². The number of para-hydroxylation sites is 1. The van der Waals surface area contributed by atoms with Crippen molar-refractivity contribution in [2.75, 3.05) is 26.7 Å². The zero-order chi connectivity index (χ0) is 15.0. The highest BCUT2D eigenvalue weighted by Gasteiger charge is 2.20. The number of nitrogens with zero attached hydrogens (tertiary/aromatic N) is 1. The third-order valence-corrected chi connectivity index (χ3v) is 3.19. The maximum atomic E-state index is 12.0. The van der Waals surface area contributed by atoms with Crippen LogP contribution in [0.15, 0.2) is 30.3 Å². The van der Waals surface area contributed by atoms with Crippen LogP contribution in [0.25, 0.3) is 0 Å². The Hall–Kier alpha value is -1.26. The van der Waals surface area contributed by atoms with E-state index in [1.165, 1.54) is 0 Å². The Morgan fingerprint density at radius 1 is 1.29 bits per heavy atom. The van der Waals surface area contributed by atoms with Gasteiger partial charge in [0.25, 0.3) is 0 Å². The lowest BCUT2D eigenvalue weighted by Gasteiger charge is -2.29. The van der Waals surface area contributed by atoms with Gasteiger partial charge in [-0.15, -0.1) is 12.4 Å². The molecule has 120 valence electrons. The van der Waals surface area contributed by atoms with Gasteiger partial charge >= 0.3 is 0 Å². The Morgan fingerprint density at radius 2 is 1.90 bits per heavy atom. The molecule has 0 spiro atoms. The minimum Gasteiger partial charge on any atom is -0.494 e. The number of carbonyl (C=O) groups is 1. The van der Waals surface area contributed by atoms with Crippen LogP contribution in [0.1, 0.15) is 26.7 Å². The predicted octanol–water partition coefficient (Wildman–Crippen LogP) is 2.71. The van der Waals surface area contributed by atoms with E-state index in [-0.39, 0.29) is 23.7 Å². The summed E-state index contributed by atoms with van der Waals surface area (Å²) in [5, 5.41) is 0. The molecule has 0 unspecified atom stereocenters. The molecule has 1 aromatic rings. The molecule has 0 aliphatic carbocycles. The summed E-state index contributed by atoms with van der Waals surface area (Å²) in [6, 6.07) is 9.65. The number of amides is 1. The highest BCUT2D eigenvalue weighted by molar-refractivity contribution is 5.85. The van der Waals surface area contributed by atoms with Crippen molar-refractivity contribution < 1.29 is 9.53 Å². The Labute approximate surface area is 134 Å². The van der Waals surface area contributed by atoms with Gasteiger partial charge in [-0.2, -0.15) is 0 Å². The molecule has 1 aromatic carbocycles. The van der Waals surface area contributed by atoms with E-state index < -0.39 is 0 Å². The zero-order valence-electron chi connectivity index (χ0n) is 13.2. The first kappa shape index (κ1) is 19.7. The summed E-state index contributed by atoms with van der Waals surface area (Å²) in [7, 11) is 1.83. The molecular weight excluding hydrogens is 288 g/mol. The van der Waals surface area contributed by atoms with E-state index in [1.807, 2.05) is 37.4 Å². The summed E-state index contributed by atoms with van der Waals surface area (Å²) >= 11 is 0. The Kier molecular flexibility index (Phi) is 9.06. The molecule has 0 saturated carbocycles. The average Bonchev–Trinajstić information content (AvgIpc) is 2.44. The first-order chi connectivity index (χ1) is 9.44. The van der Waals surface area contributed by atoms with Crippen molar-refractivity contribution in [3.8, 4) is 5.75 Å². The van der Waals surface area contributed by atoms with Crippen LogP contribution in [-0.4, -0.2) is 37.6 Å². The quantitative estimate of drug-likeness (QED) is 0.751. The van der Waals surface area contributed by atoms with Crippen LogP contribution < -0.4 is 10.5 Å². The SMILES string of the molecule is CN(CC(C)(C)CN)C(=O)CCCOc1ccccc1.Cl. The molecule has 0 aromatic heterocycles. The molecule has 0 bridgehead atoms. The van der Waals surface area contributed by atoms with Gasteiger partial charge in [0.05, 0.1) is 6.61 Å². The summed E-state index contributed by atoms with van der Waals surface area (Å²) in [6.07, 6.45) is 1.23. The van der Waals surface area contributed by atoms with Crippen molar-refractivity contribution in [3.05, 3.63) is 30.3 Å². The number of hydrogen-bond donors (Lipinski definition) is 1. The van der Waals surface area contributed by atoms with Crippen LogP contribution in [0.3, 0.4) is 0 Å². The molecule has 5 heteroatoms. The lowest BCUT2D eigenvalue weighted by atomic mass is 9.93. The number of hydrogen-bond acceptors (Lipinski definition) is 3. The van der Waals surface area contributed by atoms with E-state index in [9.17, 15) is 4.79 Å². The summed E-state index contributed by atoms with van der Waals surface area (Å²) in [6.45, 7) is 5.94. The Bertz CT molecular complexity index is 410. The fourth-order valence-corrected chi connectivity index (χ4v) is 1.92. The summed E-state index contributed by atoms with van der Waals surface area (Å²) < 4.78 is 5.57. The molecule has 0 heterocycles. The highest BCUT2D eigenvalue weighted by atomic mass is 35.5. The van der Waals surface area contributed by atoms with E-state index in [4.69, 9.17) is 10.5 Å². The standard InChI is InChI=1S/C16H26N2O2.ClH/c1-16(2,12-17)13-18(3)15(19)10-7-11-20-14-8-5-4-6-9-14;/h4-6,8-9H,7,10-13,17H2,1-3H3;1H. The molecular formula is C16H27ClN2O2. The predicted molar refractivity (Wildman–Crippen MR) is 88.9 cm³/mol. The lowest BCUT2D eigenvalue weighted by Crippen LogP contribution is -2.39. The largest absolute Gasteiger partial charge is 0.494 e. The summed E-state index contributed by atoms with van der Waals surface area (Å²) in [4.78, 5) is 13.7. The van der Waals surface area contributed by atoms with Crippen molar-refractivity contribution in [3.63, 3.8) is 0 Å². The van der Waals surface area contributed by atoms with Gasteiger partial charge in [0.2, 0.25) is 5.91 Å². The van der Waals surface area contributed by atoms with Gasteiger partial charge in [0.1, 0.15) is 5.75 Å². The third kappa shape index (κ3) is 7.93. The number of nitrogens with two attached hydrogens (primary N) is 1. The number of halogens is 1. The molecule has 0 atom stereocenters. The van der Waals surface area contributed by atoms with Crippen LogP contribution in [0, 0.1) is 5.41 Å². The lowest BCUT2D eigenvalue weighted by molar-refractivity contribution is -0.131. The Balaban J connectivity index is 0.00000400. The minimum absolute atomic E-state index is 0. The van der Waals surface area contributed by atoms with Crippen molar-refractivity contribution in [1.29, 1.82) is 0 Å². The molecule has 4 nitrogen and oxygen atoms in total. The molecule has 1 amide bonds. The van der Waals surface area contributed by atoms with Crippen LogP contribution in [0.2, 0.25) is 0 Å². The van der Waals surface area contributed by atoms with Gasteiger partial charge in [-0.05, 0) is 30.5 Å². The number of ether oxygens (including phenoxy) is 1. The van der Waals surface area contributed by atoms with E-state index >= 15 is 0 Å². The first-order valence-electron chi connectivity index (χ1n) is 7.06. The van der Waals surface area contributed by atoms with Crippen LogP contribution >= 0.6 is 12.4 Å². The normalized spacial score (nSPS) is 10.7. The molecule has 0 fully saturated rings. The fraction of sp³-hybridized carbons (Fsp3) is 0.562. The first-order valence-corrected chi connectivity index (χ1v) is 7.06. The van der Waals surface area contributed by atoms with Crippen molar-refractivity contribution >= 4 is 18.3 Å². The summed E-state index contributed by atoms with van der Waals surface area (Å²) in [5.74, 6) is 0.987. The fourth-order valence-electron chi connectivity index (χ4n) is 1.92. The second kappa shape index (κ2) is 9.64. The molecule has 2 N–H and O–H groups in total. The van der Waals surface area contributed by atoms with Crippen LogP contribution in [0.5, 0.6) is 5.75 Å². The van der Waals surface area contributed by atoms with Crippen LogP contribution in [-0.2, 0) is 4.79 Å². The second-order valence-corrected chi connectivity index (χ2v) is 5.88. The average molecular weight is 315 g/mol. The van der Waals surface area contributed by atoms with E-state index in [0.29, 0.717) is 26.1 Å². The molecule has 0 saturated heterocycles. The van der Waals surface area contributed by atoms with Crippen molar-refractivity contribution in [2.45, 2.75) is 26.7 Å². The molecule has 0 aliphatic rings. The number of carbonyl (C=O) groups excluding carboxylic acids is 1. The summed E-state index contributed by atoms with van der Waals surface area (Å²) in [5.41, 5.74) is 5.65. The number of benzene rings is 1. The zero-order valence-corrected chi connectivity index (χ0v) is 14.0. The maximum Gasteiger partial charge on any atom is 0.222 e. The van der Waals surface area contributed by atoms with Gasteiger partial charge in [-0.1, -0.05) is 32.0 Å². The molecule has 0 radical (unpaired) electrons. The topological polar surface area (TPSA) is 55.6 Å². The number of rotatable bonds is 8. The van der Waals surface area contributed by atoms with Gasteiger partial charge in [0, 0.05) is 20.0 Å². The van der Waals surface area contributed by atoms with E-state index in [1.54, 1.807) is 4.90 Å². The smallest absolute Gasteiger partial charge is 0.222 e. The van der Waals surface area contributed by atoms with E-state index in [2.05, 4.69) is 13.8 Å². The second-order valence-electron chi connectivity index (χ2n) is 5.88. The minimum atomic E-state index is -0.0368. The van der Waals surface area contributed by atoms with Gasteiger partial charge in [-0.25, -0.2) is 0 Å². The van der Waals surface area contributed by atoms with Gasteiger partial charge in [0.15, 0.2) is 0 Å². The maximum absolute atomic E-state index is 12.0. The van der Waals surface area contributed by atoms with Crippen LogP contribution in [0.4, 0.5) is 0 Å². The van der Waals surface area contributed by atoms with Crippen molar-refractivity contribution in [1.82, 2.24) is 4.90 Å². The molecule has 0 aliphatic heterocycles.